The van der Waals surface area contributed by atoms with Crippen LogP contribution in [0, 0.1) is 0 Å². The van der Waals surface area contributed by atoms with Gasteiger partial charge in [0, 0.05) is 111 Å². The normalized spacial score (nSPS) is 9.19. The molecule has 0 bridgehead atoms. The molecule has 400 valence electrons. The van der Waals surface area contributed by atoms with E-state index in [0.717, 1.165) is 106 Å². The maximum absolute atomic E-state index is 9.89. The monoisotopic (exact) mass is 961 g/mol. The van der Waals surface area contributed by atoms with E-state index in [1.54, 1.807) is 0 Å². The molecule has 64 heavy (non-hydrogen) atoms. The topological polar surface area (TPSA) is 206 Å². The van der Waals surface area contributed by atoms with E-state index in [-0.39, 0.29) is 0 Å². The van der Waals surface area contributed by atoms with Crippen LogP contribution in [0.2, 0.25) is 0 Å². The van der Waals surface area contributed by atoms with Crippen LogP contribution in [-0.4, -0.2) is 192 Å². The Morgan fingerprint density at radius 3 is 0.234 bits per heavy atom. The number of rotatable bonds is 16. The number of halogens is 4. The van der Waals surface area contributed by atoms with Gasteiger partial charge in [-0.2, -0.15) is 0 Å². The highest BCUT2D eigenvalue weighted by Gasteiger charge is 1.90. The van der Waals surface area contributed by atoms with Crippen LogP contribution in [0.4, 0.5) is 17.3 Å². The molecular weight excluding hydrogens is 856 g/mol. The highest BCUT2D eigenvalue weighted by Crippen LogP contribution is 1.86. The average Bonchev–Trinajstić information content (AvgIpc) is 3.27. The van der Waals surface area contributed by atoms with Gasteiger partial charge in [-0.05, 0) is 0 Å². The standard InChI is InChI=1S/8C5H13O.4BFO2/c8*1-4-6(3)5-2;4*2-1(3)4/h8*4-5H2,1-3H3;;;;/q8*+1;4*-2. The molecule has 0 aromatic rings. The number of hydrogen-bond acceptors (Lipinski definition) is 8. The molecule has 24 heteroatoms. The second kappa shape index (κ2) is 89.0. The summed E-state index contributed by atoms with van der Waals surface area (Å²) in [7, 11) is 3.56. The van der Waals surface area contributed by atoms with E-state index in [1.807, 2.05) is 56.9 Å². The van der Waals surface area contributed by atoms with Crippen LogP contribution in [0.5, 0.6) is 0 Å². The molecule has 0 aliphatic heterocycles. The van der Waals surface area contributed by atoms with Crippen LogP contribution in [0.1, 0.15) is 111 Å². The van der Waals surface area contributed by atoms with Gasteiger partial charge < -0.3 is 92.4 Å². The van der Waals surface area contributed by atoms with Gasteiger partial charge in [0.25, 0.3) is 0 Å². The molecule has 0 heterocycles. The zero-order valence-electron chi connectivity index (χ0n) is 45.7. The largest absolute Gasteiger partial charge is 0.867 e. The fourth-order valence-corrected chi connectivity index (χ4v) is 1.63. The summed E-state index contributed by atoms with van der Waals surface area (Å²) in [6, 6.07) is 0. The first kappa shape index (κ1) is 93.4. The van der Waals surface area contributed by atoms with Crippen LogP contribution < -0.4 is 40.2 Å². The van der Waals surface area contributed by atoms with Gasteiger partial charge in [0.2, 0.25) is 0 Å². The van der Waals surface area contributed by atoms with Crippen molar-refractivity contribution in [2.45, 2.75) is 111 Å². The van der Waals surface area contributed by atoms with Crippen molar-refractivity contribution in [2.24, 2.45) is 0 Å². The van der Waals surface area contributed by atoms with E-state index in [0.29, 0.717) is 0 Å². The van der Waals surface area contributed by atoms with Gasteiger partial charge in [-0.15, -0.1) is 0 Å². The molecular formula is C40H104B4F4O16. The molecule has 0 aliphatic rings. The molecule has 0 amide bonds. The molecule has 0 rings (SSSR count). The van der Waals surface area contributed by atoms with E-state index < -0.39 is 29.6 Å². The Balaban J connectivity index is -0.0000000463. The maximum Gasteiger partial charge on any atom is 0.142 e. The zero-order valence-corrected chi connectivity index (χ0v) is 45.7. The third-order valence-corrected chi connectivity index (χ3v) is 7.88. The third-order valence-electron chi connectivity index (χ3n) is 7.88. The predicted octanol–water partition coefficient (Wildman–Crippen LogP) is 0.312. The average molecular weight is 960 g/mol. The summed E-state index contributed by atoms with van der Waals surface area (Å²) in [4.78, 5) is 0. The van der Waals surface area contributed by atoms with Crippen molar-refractivity contribution in [3.63, 3.8) is 0 Å². The summed E-state index contributed by atoms with van der Waals surface area (Å²) in [5.74, 6) is 0. The van der Waals surface area contributed by atoms with E-state index in [4.69, 9.17) is 40.2 Å². The fraction of sp³-hybridized carbons (Fsp3) is 1.00. The van der Waals surface area contributed by atoms with Crippen molar-refractivity contribution in [1.82, 2.24) is 0 Å². The summed E-state index contributed by atoms with van der Waals surface area (Å²) in [6.45, 7) is 51.2. The Labute approximate surface area is 394 Å². The molecule has 0 radical (unpaired) electrons. The summed E-state index contributed by atoms with van der Waals surface area (Å²) in [5, 5.41) is 66.4. The van der Waals surface area contributed by atoms with E-state index in [9.17, 15) is 17.3 Å². The minimum absolute atomic E-state index is 1.08. The Morgan fingerprint density at radius 1 is 0.203 bits per heavy atom. The summed E-state index contributed by atoms with van der Waals surface area (Å²) in [5.41, 5.74) is 0. The SMILES string of the molecule is CC[O+](C)CC.CC[O+](C)CC.CC[O+](C)CC.CC[O+](C)CC.CC[O+](C)CC.CC[O+](C)CC.CC[O+](C)CC.CC[O+](C)CC.[O-]B([O-])F.[O-]B([O-])F.[O-]B([O-])F.[O-]B([O-])F. The van der Waals surface area contributed by atoms with Crippen LogP contribution in [0.25, 0.3) is 0 Å². The minimum atomic E-state index is -3.17. The van der Waals surface area contributed by atoms with Crippen LogP contribution in [-0.2, 0) is 34.9 Å². The van der Waals surface area contributed by atoms with Crippen molar-refractivity contribution in [3.05, 3.63) is 0 Å². The second-order valence-electron chi connectivity index (χ2n) is 12.0. The van der Waals surface area contributed by atoms with Crippen molar-refractivity contribution < 1.29 is 92.4 Å². The predicted molar refractivity (Wildman–Crippen MR) is 252 cm³/mol. The van der Waals surface area contributed by atoms with Gasteiger partial charge in [0.15, 0.2) is 0 Å². The molecule has 0 unspecified atom stereocenters. The summed E-state index contributed by atoms with van der Waals surface area (Å²) in [6.07, 6.45) is 0. The minimum Gasteiger partial charge on any atom is -0.867 e. The quantitative estimate of drug-likeness (QED) is 0.119. The van der Waals surface area contributed by atoms with Crippen molar-refractivity contribution in [2.75, 3.05) is 163 Å². The van der Waals surface area contributed by atoms with Crippen molar-refractivity contribution in [1.29, 1.82) is 0 Å². The first-order valence-corrected chi connectivity index (χ1v) is 22.0. The lowest BCUT2D eigenvalue weighted by atomic mass is 10.3. The third kappa shape index (κ3) is 227. The molecule has 16 nitrogen and oxygen atoms in total. The van der Waals surface area contributed by atoms with Crippen molar-refractivity contribution in [3.8, 4) is 0 Å². The Bertz CT molecular complexity index is 489. The lowest BCUT2D eigenvalue weighted by molar-refractivity contribution is -0.368. The maximum atomic E-state index is 9.89. The van der Waals surface area contributed by atoms with Gasteiger partial charge >= 0.3 is 0 Å². The molecule has 0 aliphatic carbocycles. The molecule has 0 aromatic carbocycles. The van der Waals surface area contributed by atoms with E-state index >= 15 is 0 Å². The summed E-state index contributed by atoms with van der Waals surface area (Å²) < 4.78 is 62.8. The van der Waals surface area contributed by atoms with Crippen LogP contribution in [0.3, 0.4) is 0 Å². The molecule has 0 spiro atoms. The smallest absolute Gasteiger partial charge is 0.142 e. The van der Waals surface area contributed by atoms with E-state index in [1.165, 1.54) is 0 Å². The zero-order chi connectivity index (χ0) is 54.2. The first-order valence-electron chi connectivity index (χ1n) is 22.0. The Hall–Kier alpha value is -0.660. The molecule has 0 atom stereocenters. The van der Waals surface area contributed by atoms with Crippen molar-refractivity contribution >= 4 is 29.6 Å². The van der Waals surface area contributed by atoms with Gasteiger partial charge in [0.1, 0.15) is 192 Å². The Morgan fingerprint density at radius 2 is 0.234 bits per heavy atom. The second-order valence-corrected chi connectivity index (χ2v) is 12.0. The fourth-order valence-electron chi connectivity index (χ4n) is 1.63. The molecule has 0 fully saturated rings. The van der Waals surface area contributed by atoms with Gasteiger partial charge in [-0.25, -0.2) is 0 Å². The van der Waals surface area contributed by atoms with Gasteiger partial charge in [0.05, 0.1) is 0 Å². The molecule has 0 saturated heterocycles. The molecule has 0 saturated carbocycles. The van der Waals surface area contributed by atoms with Gasteiger partial charge in [-0.3, -0.25) is 0 Å². The lowest BCUT2D eigenvalue weighted by Crippen LogP contribution is -2.39. The van der Waals surface area contributed by atoms with Gasteiger partial charge in [-0.1, -0.05) is 0 Å². The molecule has 0 aromatic heterocycles. The first-order chi connectivity index (χ1) is 29.4. The highest BCUT2D eigenvalue weighted by atomic mass is 19.1. The lowest BCUT2D eigenvalue weighted by Gasteiger charge is -2.09. The van der Waals surface area contributed by atoms with Crippen LogP contribution >= 0.6 is 0 Å². The molecule has 0 N–H and O–H groups in total. The van der Waals surface area contributed by atoms with E-state index in [2.05, 4.69) is 146 Å². The Kier molecular flexibility index (Phi) is 130. The summed E-state index contributed by atoms with van der Waals surface area (Å²) >= 11 is 0. The number of hydrogen-bond donors (Lipinski definition) is 0. The highest BCUT2D eigenvalue weighted by molar-refractivity contribution is 6.27. The van der Waals surface area contributed by atoms with Crippen LogP contribution in [0.15, 0.2) is 0 Å².